The molecule has 0 unspecified atom stereocenters. The van der Waals surface area contributed by atoms with Crippen LogP contribution in [0.5, 0.6) is 0 Å². The zero-order valence-corrected chi connectivity index (χ0v) is 10.8. The van der Waals surface area contributed by atoms with Gasteiger partial charge in [-0.3, -0.25) is 0 Å². The summed E-state index contributed by atoms with van der Waals surface area (Å²) in [4.78, 5) is 0.356. The summed E-state index contributed by atoms with van der Waals surface area (Å²) in [7, 11) is 0. The maximum absolute atomic E-state index is 13.7. The third-order valence-electron chi connectivity index (χ3n) is 2.45. The highest BCUT2D eigenvalue weighted by Gasteiger charge is 2.15. The van der Waals surface area contributed by atoms with Crippen molar-refractivity contribution in [3.8, 4) is 0 Å². The van der Waals surface area contributed by atoms with Crippen molar-refractivity contribution < 1.29 is 18.4 Å². The van der Waals surface area contributed by atoms with Crippen molar-refractivity contribution in [3.63, 3.8) is 0 Å². The van der Waals surface area contributed by atoms with Gasteiger partial charge < -0.3 is 10.9 Å². The van der Waals surface area contributed by atoms with E-state index in [1.165, 1.54) is 18.2 Å². The molecule has 3 nitrogen and oxygen atoms in total. The highest BCUT2D eigenvalue weighted by Crippen LogP contribution is 2.33. The van der Waals surface area contributed by atoms with Crippen LogP contribution in [-0.4, -0.2) is 11.0 Å². The number of rotatable bonds is 3. The molecule has 0 heterocycles. The third-order valence-corrected chi connectivity index (χ3v) is 3.56. The van der Waals surface area contributed by atoms with Gasteiger partial charge in [0.15, 0.2) is 5.84 Å². The van der Waals surface area contributed by atoms with E-state index in [1.807, 2.05) is 0 Å². The molecule has 0 spiro atoms. The van der Waals surface area contributed by atoms with E-state index >= 15 is 0 Å². The summed E-state index contributed by atoms with van der Waals surface area (Å²) in [6.45, 7) is 0. The van der Waals surface area contributed by atoms with Crippen LogP contribution in [0.15, 0.2) is 51.3 Å². The van der Waals surface area contributed by atoms with Crippen LogP contribution in [0.2, 0.25) is 0 Å². The summed E-state index contributed by atoms with van der Waals surface area (Å²) < 4.78 is 40.1. The lowest BCUT2D eigenvalue weighted by Gasteiger charge is -2.09. The van der Waals surface area contributed by atoms with Crippen molar-refractivity contribution in [1.29, 1.82) is 0 Å². The number of amidine groups is 1. The van der Waals surface area contributed by atoms with E-state index in [-0.39, 0.29) is 15.4 Å². The molecule has 3 N–H and O–H groups in total. The van der Waals surface area contributed by atoms with Gasteiger partial charge in [0.2, 0.25) is 0 Å². The molecule has 0 atom stereocenters. The van der Waals surface area contributed by atoms with Gasteiger partial charge in [-0.1, -0.05) is 23.0 Å². The van der Waals surface area contributed by atoms with E-state index in [1.54, 1.807) is 0 Å². The molecule has 0 aromatic heterocycles. The van der Waals surface area contributed by atoms with E-state index in [2.05, 4.69) is 5.16 Å². The highest BCUT2D eigenvalue weighted by atomic mass is 32.2. The Bertz CT molecular complexity index is 677. The van der Waals surface area contributed by atoms with E-state index in [4.69, 9.17) is 10.9 Å². The molecular weight excluding hydrogens is 289 g/mol. The van der Waals surface area contributed by atoms with Gasteiger partial charge >= 0.3 is 0 Å². The Morgan fingerprint density at radius 3 is 2.45 bits per heavy atom. The number of hydrogen-bond donors (Lipinski definition) is 2. The monoisotopic (exact) mass is 298 g/mol. The van der Waals surface area contributed by atoms with Crippen LogP contribution in [0.4, 0.5) is 13.2 Å². The fraction of sp³-hybridized carbons (Fsp3) is 0. The normalized spacial score (nSPS) is 11.7. The van der Waals surface area contributed by atoms with Crippen LogP contribution in [0, 0.1) is 17.5 Å². The van der Waals surface area contributed by atoms with Crippen LogP contribution in [0.1, 0.15) is 5.56 Å². The van der Waals surface area contributed by atoms with Crippen molar-refractivity contribution in [2.24, 2.45) is 10.9 Å². The summed E-state index contributed by atoms with van der Waals surface area (Å²) in [6.07, 6.45) is 0. The quantitative estimate of drug-likeness (QED) is 0.395. The van der Waals surface area contributed by atoms with Crippen molar-refractivity contribution in [2.45, 2.75) is 9.79 Å². The maximum Gasteiger partial charge on any atom is 0.174 e. The molecule has 0 fully saturated rings. The second kappa shape index (κ2) is 5.87. The Hall–Kier alpha value is -2.15. The van der Waals surface area contributed by atoms with Crippen molar-refractivity contribution in [1.82, 2.24) is 0 Å². The second-order valence-electron chi connectivity index (χ2n) is 3.78. The van der Waals surface area contributed by atoms with Gasteiger partial charge in [0.05, 0.1) is 5.56 Å². The van der Waals surface area contributed by atoms with E-state index in [9.17, 15) is 13.2 Å². The first-order valence-electron chi connectivity index (χ1n) is 5.42. The van der Waals surface area contributed by atoms with Crippen LogP contribution in [0.3, 0.4) is 0 Å². The summed E-state index contributed by atoms with van der Waals surface area (Å²) >= 11 is 0.854. The zero-order valence-electron chi connectivity index (χ0n) is 9.98. The number of halogens is 3. The molecule has 7 heteroatoms. The SMILES string of the molecule is NC(=NO)c1c(F)cccc1Sc1ccc(F)cc1F. The fourth-order valence-electron chi connectivity index (χ4n) is 1.56. The number of hydrogen-bond acceptors (Lipinski definition) is 3. The lowest BCUT2D eigenvalue weighted by Crippen LogP contribution is -2.16. The van der Waals surface area contributed by atoms with E-state index in [0.29, 0.717) is 0 Å². The maximum atomic E-state index is 13.7. The number of oxime groups is 1. The van der Waals surface area contributed by atoms with E-state index < -0.39 is 23.3 Å². The van der Waals surface area contributed by atoms with Gasteiger partial charge in [-0.2, -0.15) is 0 Å². The Morgan fingerprint density at radius 2 is 1.80 bits per heavy atom. The average Bonchev–Trinajstić information content (AvgIpc) is 2.41. The minimum atomic E-state index is -0.773. The van der Waals surface area contributed by atoms with E-state index in [0.717, 1.165) is 30.0 Å². The molecule has 0 aliphatic rings. The smallest absolute Gasteiger partial charge is 0.174 e. The van der Waals surface area contributed by atoms with Crippen LogP contribution >= 0.6 is 11.8 Å². The van der Waals surface area contributed by atoms with Gasteiger partial charge in [0.25, 0.3) is 0 Å². The summed E-state index contributed by atoms with van der Waals surface area (Å²) in [5, 5.41) is 11.4. The predicted molar refractivity (Wildman–Crippen MR) is 69.4 cm³/mol. The predicted octanol–water partition coefficient (Wildman–Crippen LogP) is 3.35. The Morgan fingerprint density at radius 1 is 1.05 bits per heavy atom. The molecule has 104 valence electrons. The van der Waals surface area contributed by atoms with Gasteiger partial charge in [-0.05, 0) is 24.3 Å². The van der Waals surface area contributed by atoms with Gasteiger partial charge in [0.1, 0.15) is 17.5 Å². The molecule has 0 amide bonds. The largest absolute Gasteiger partial charge is 0.409 e. The first-order valence-corrected chi connectivity index (χ1v) is 6.24. The molecule has 0 aliphatic carbocycles. The fourth-order valence-corrected chi connectivity index (χ4v) is 2.54. The first-order chi connectivity index (χ1) is 9.52. The standard InChI is InChI=1S/C13H9F3N2OS/c14-7-4-5-10(9(16)6-7)20-11-3-1-2-8(15)12(11)13(17)18-19/h1-6,19H,(H2,17,18). The molecule has 0 saturated carbocycles. The number of nitrogens with zero attached hydrogens (tertiary/aromatic N) is 1. The average molecular weight is 298 g/mol. The van der Waals surface area contributed by atoms with Crippen molar-refractivity contribution in [2.75, 3.05) is 0 Å². The molecule has 0 saturated heterocycles. The second-order valence-corrected chi connectivity index (χ2v) is 4.86. The molecule has 20 heavy (non-hydrogen) atoms. The Balaban J connectivity index is 2.46. The Labute approximate surface area is 116 Å². The molecule has 0 aliphatic heterocycles. The number of benzene rings is 2. The van der Waals surface area contributed by atoms with Crippen LogP contribution < -0.4 is 5.73 Å². The lowest BCUT2D eigenvalue weighted by atomic mass is 10.2. The van der Waals surface area contributed by atoms with Crippen LogP contribution in [-0.2, 0) is 0 Å². The minimum Gasteiger partial charge on any atom is -0.409 e. The molecule has 2 aromatic rings. The third kappa shape index (κ3) is 2.88. The van der Waals surface area contributed by atoms with Gasteiger partial charge in [0, 0.05) is 15.9 Å². The van der Waals surface area contributed by atoms with Gasteiger partial charge in [-0.25, -0.2) is 13.2 Å². The molecule has 0 bridgehead atoms. The van der Waals surface area contributed by atoms with Crippen LogP contribution in [0.25, 0.3) is 0 Å². The summed E-state index contributed by atoms with van der Waals surface area (Å²) in [5.41, 5.74) is 5.27. The van der Waals surface area contributed by atoms with Crippen molar-refractivity contribution in [3.05, 3.63) is 59.4 Å². The lowest BCUT2D eigenvalue weighted by molar-refractivity contribution is 0.318. The zero-order chi connectivity index (χ0) is 14.7. The molecular formula is C13H9F3N2OS. The van der Waals surface area contributed by atoms with Gasteiger partial charge in [-0.15, -0.1) is 0 Å². The Kier molecular flexibility index (Phi) is 4.19. The highest BCUT2D eigenvalue weighted by molar-refractivity contribution is 7.99. The topological polar surface area (TPSA) is 58.6 Å². The number of nitrogens with two attached hydrogens (primary N) is 1. The minimum absolute atomic E-state index is 0.101. The van der Waals surface area contributed by atoms with Crippen molar-refractivity contribution >= 4 is 17.6 Å². The molecule has 0 radical (unpaired) electrons. The first kappa shape index (κ1) is 14.3. The summed E-state index contributed by atoms with van der Waals surface area (Å²) in [5.74, 6) is -2.60. The molecule has 2 rings (SSSR count). The summed E-state index contributed by atoms with van der Waals surface area (Å²) in [6, 6.07) is 7.09. The molecule has 2 aromatic carbocycles.